The first-order chi connectivity index (χ1) is 10.9. The highest BCUT2D eigenvalue weighted by atomic mass is 14.8. The van der Waals surface area contributed by atoms with Crippen LogP contribution in [0.2, 0.25) is 0 Å². The van der Waals surface area contributed by atoms with Gasteiger partial charge in [-0.15, -0.1) is 0 Å². The molecule has 4 heteroatoms. The van der Waals surface area contributed by atoms with Gasteiger partial charge in [-0.3, -0.25) is 0 Å². The molecule has 0 saturated heterocycles. The molecule has 4 nitrogen and oxygen atoms in total. The average Bonchev–Trinajstić information content (AvgIpc) is 2.61. The average molecular weight is 286 g/mol. The lowest BCUT2D eigenvalue weighted by Gasteiger charge is -1.96. The van der Waals surface area contributed by atoms with E-state index in [9.17, 15) is 0 Å². The van der Waals surface area contributed by atoms with Crippen molar-refractivity contribution in [2.24, 2.45) is 0 Å². The second kappa shape index (κ2) is 7.04. The third-order valence-corrected chi connectivity index (χ3v) is 3.04. The Kier molecular flexibility index (Phi) is 4.42. The monoisotopic (exact) mass is 286 g/mol. The van der Waals surface area contributed by atoms with Gasteiger partial charge in [0.25, 0.3) is 0 Å². The minimum Gasteiger partial charge on any atom is -0.245 e. The van der Waals surface area contributed by atoms with E-state index < -0.39 is 0 Å². The van der Waals surface area contributed by atoms with Gasteiger partial charge in [0.05, 0.1) is 11.4 Å². The van der Waals surface area contributed by atoms with Crippen molar-refractivity contribution in [3.05, 3.63) is 84.0 Å². The summed E-state index contributed by atoms with van der Waals surface area (Å²) in [6.07, 6.45) is 14.5. The topological polar surface area (TPSA) is 51.6 Å². The number of rotatable bonds is 4. The maximum Gasteiger partial charge on any atom is 0.115 e. The number of hydrogen-bond donors (Lipinski definition) is 0. The summed E-state index contributed by atoms with van der Waals surface area (Å²) in [4.78, 5) is 16.1. The lowest BCUT2D eigenvalue weighted by molar-refractivity contribution is 1.15. The maximum atomic E-state index is 4.15. The Hall–Kier alpha value is -3.14. The molecule has 0 amide bonds. The highest BCUT2D eigenvalue weighted by Gasteiger charge is 1.91. The summed E-state index contributed by atoms with van der Waals surface area (Å²) in [6, 6.07) is 12.0. The number of nitrogens with zero attached hydrogens (tertiary/aromatic N) is 4. The standard InChI is InChI=1S/C18H14N4/c1-2-16(6-8-18-10-12-20-14-22-18)4-3-15(1)5-7-17-9-11-19-13-21-17/h1-14H/b7-5+,8-6+. The van der Waals surface area contributed by atoms with Gasteiger partial charge in [0.1, 0.15) is 12.7 Å². The quantitative estimate of drug-likeness (QED) is 0.735. The predicted octanol–water partition coefficient (Wildman–Crippen LogP) is 3.61. The Morgan fingerprint density at radius 2 is 1.00 bits per heavy atom. The highest BCUT2D eigenvalue weighted by Crippen LogP contribution is 2.11. The molecule has 0 unspecified atom stereocenters. The molecule has 0 atom stereocenters. The van der Waals surface area contributed by atoms with Crippen molar-refractivity contribution < 1.29 is 0 Å². The fourth-order valence-corrected chi connectivity index (χ4v) is 1.88. The molecule has 0 aliphatic rings. The zero-order valence-electron chi connectivity index (χ0n) is 11.9. The molecule has 0 spiro atoms. The molecule has 22 heavy (non-hydrogen) atoms. The number of aromatic nitrogens is 4. The first-order valence-electron chi connectivity index (χ1n) is 6.88. The molecule has 106 valence electrons. The Balaban J connectivity index is 1.68. The number of benzene rings is 1. The van der Waals surface area contributed by atoms with Crippen molar-refractivity contribution >= 4 is 24.3 Å². The van der Waals surface area contributed by atoms with Crippen molar-refractivity contribution in [3.8, 4) is 0 Å². The largest absolute Gasteiger partial charge is 0.245 e. The zero-order chi connectivity index (χ0) is 15.0. The van der Waals surface area contributed by atoms with Gasteiger partial charge < -0.3 is 0 Å². The maximum absolute atomic E-state index is 4.15. The third kappa shape index (κ3) is 3.93. The van der Waals surface area contributed by atoms with Crippen LogP contribution in [0.5, 0.6) is 0 Å². The van der Waals surface area contributed by atoms with Crippen LogP contribution < -0.4 is 0 Å². The Morgan fingerprint density at radius 1 is 0.545 bits per heavy atom. The van der Waals surface area contributed by atoms with E-state index in [1.165, 1.54) is 0 Å². The van der Waals surface area contributed by atoms with Gasteiger partial charge in [-0.25, -0.2) is 19.9 Å². The molecule has 0 aliphatic carbocycles. The van der Waals surface area contributed by atoms with Crippen LogP contribution in [-0.2, 0) is 0 Å². The Bertz CT molecular complexity index is 695. The van der Waals surface area contributed by atoms with Crippen LogP contribution in [0.3, 0.4) is 0 Å². The van der Waals surface area contributed by atoms with Gasteiger partial charge in [-0.05, 0) is 35.4 Å². The van der Waals surface area contributed by atoms with Gasteiger partial charge in [0.2, 0.25) is 0 Å². The molecule has 0 N–H and O–H groups in total. The van der Waals surface area contributed by atoms with Crippen molar-refractivity contribution in [1.29, 1.82) is 0 Å². The van der Waals surface area contributed by atoms with E-state index in [0.29, 0.717) is 0 Å². The van der Waals surface area contributed by atoms with E-state index in [0.717, 1.165) is 22.5 Å². The van der Waals surface area contributed by atoms with Gasteiger partial charge in [0.15, 0.2) is 0 Å². The molecule has 0 aliphatic heterocycles. The van der Waals surface area contributed by atoms with Crippen molar-refractivity contribution in [3.63, 3.8) is 0 Å². The van der Waals surface area contributed by atoms with Gasteiger partial charge in [-0.1, -0.05) is 36.4 Å². The molecule has 0 bridgehead atoms. The van der Waals surface area contributed by atoms with Gasteiger partial charge in [-0.2, -0.15) is 0 Å². The molecule has 0 saturated carbocycles. The predicted molar refractivity (Wildman–Crippen MR) is 88.4 cm³/mol. The van der Waals surface area contributed by atoms with E-state index in [1.54, 1.807) is 25.0 Å². The molecular weight excluding hydrogens is 272 g/mol. The first kappa shape index (κ1) is 13.8. The molecule has 3 rings (SSSR count). The summed E-state index contributed by atoms with van der Waals surface area (Å²) >= 11 is 0. The summed E-state index contributed by atoms with van der Waals surface area (Å²) in [5, 5.41) is 0. The van der Waals surface area contributed by atoms with Crippen molar-refractivity contribution in [2.75, 3.05) is 0 Å². The van der Waals surface area contributed by atoms with Crippen LogP contribution >= 0.6 is 0 Å². The fraction of sp³-hybridized carbons (Fsp3) is 0. The van der Waals surface area contributed by atoms with E-state index in [-0.39, 0.29) is 0 Å². The fourth-order valence-electron chi connectivity index (χ4n) is 1.88. The zero-order valence-corrected chi connectivity index (χ0v) is 11.9. The van der Waals surface area contributed by atoms with Crippen LogP contribution in [0.4, 0.5) is 0 Å². The van der Waals surface area contributed by atoms with E-state index in [1.807, 2.05) is 36.4 Å². The van der Waals surface area contributed by atoms with Crippen molar-refractivity contribution in [2.45, 2.75) is 0 Å². The van der Waals surface area contributed by atoms with Crippen molar-refractivity contribution in [1.82, 2.24) is 19.9 Å². The van der Waals surface area contributed by atoms with E-state index >= 15 is 0 Å². The Labute approximate surface area is 129 Å². The van der Waals surface area contributed by atoms with Crippen LogP contribution in [0, 0.1) is 0 Å². The van der Waals surface area contributed by atoms with Crippen LogP contribution in [0.15, 0.2) is 61.4 Å². The summed E-state index contributed by atoms with van der Waals surface area (Å²) in [5.74, 6) is 0. The lowest BCUT2D eigenvalue weighted by Crippen LogP contribution is -1.81. The van der Waals surface area contributed by atoms with Gasteiger partial charge >= 0.3 is 0 Å². The lowest BCUT2D eigenvalue weighted by atomic mass is 10.1. The minimum atomic E-state index is 0.891. The van der Waals surface area contributed by atoms with Crippen LogP contribution in [0.1, 0.15) is 22.5 Å². The summed E-state index contributed by atoms with van der Waals surface area (Å²) < 4.78 is 0. The number of hydrogen-bond acceptors (Lipinski definition) is 4. The first-order valence-corrected chi connectivity index (χ1v) is 6.88. The third-order valence-electron chi connectivity index (χ3n) is 3.04. The molecule has 2 heterocycles. The smallest absolute Gasteiger partial charge is 0.115 e. The van der Waals surface area contributed by atoms with Gasteiger partial charge in [0, 0.05) is 12.4 Å². The van der Waals surface area contributed by atoms with Crippen LogP contribution in [0.25, 0.3) is 24.3 Å². The molecule has 2 aromatic heterocycles. The minimum absolute atomic E-state index is 0.891. The highest BCUT2D eigenvalue weighted by molar-refractivity contribution is 5.71. The molecule has 0 fully saturated rings. The Morgan fingerprint density at radius 3 is 1.36 bits per heavy atom. The second-order valence-electron chi connectivity index (χ2n) is 4.60. The summed E-state index contributed by atoms with van der Waals surface area (Å²) in [6.45, 7) is 0. The summed E-state index contributed by atoms with van der Waals surface area (Å²) in [7, 11) is 0. The SMILES string of the molecule is C(=C\c1ccncn1)/c1ccc(/C=C/c2ccncn2)cc1. The molecule has 3 aromatic rings. The molecule has 0 radical (unpaired) electrons. The van der Waals surface area contributed by atoms with E-state index in [4.69, 9.17) is 0 Å². The summed E-state index contributed by atoms with van der Waals surface area (Å²) in [5.41, 5.74) is 4.03. The molecular formula is C18H14N4. The van der Waals surface area contributed by atoms with Crippen LogP contribution in [-0.4, -0.2) is 19.9 Å². The normalized spacial score (nSPS) is 11.3. The molecule has 1 aromatic carbocycles. The van der Waals surface area contributed by atoms with E-state index in [2.05, 4.69) is 44.2 Å². The second-order valence-corrected chi connectivity index (χ2v) is 4.60.